The minimum absolute atomic E-state index is 0.340. The third-order valence-corrected chi connectivity index (χ3v) is 3.37. The van der Waals surface area contributed by atoms with Crippen molar-refractivity contribution < 1.29 is 9.53 Å². The third-order valence-electron chi connectivity index (χ3n) is 3.37. The van der Waals surface area contributed by atoms with Gasteiger partial charge in [-0.3, -0.25) is 0 Å². The number of carbonyl (C=O) groups is 1. The molecular formula is C16H21N3O2. The molecule has 0 aliphatic heterocycles. The molecule has 0 aliphatic rings. The van der Waals surface area contributed by atoms with Crippen LogP contribution in [0.5, 0.6) is 0 Å². The quantitative estimate of drug-likeness (QED) is 0.767. The summed E-state index contributed by atoms with van der Waals surface area (Å²) in [4.78, 5) is 11.9. The maximum atomic E-state index is 11.9. The van der Waals surface area contributed by atoms with Gasteiger partial charge in [0, 0.05) is 0 Å². The van der Waals surface area contributed by atoms with E-state index in [1.807, 2.05) is 12.1 Å². The van der Waals surface area contributed by atoms with E-state index in [4.69, 9.17) is 4.74 Å². The van der Waals surface area contributed by atoms with Crippen LogP contribution >= 0.6 is 0 Å². The number of carbonyl (C=O) groups excluding carboxylic acids is 1. The van der Waals surface area contributed by atoms with E-state index in [0.717, 1.165) is 18.5 Å². The molecule has 2 rings (SSSR count). The van der Waals surface area contributed by atoms with Crippen LogP contribution in [0.25, 0.3) is 0 Å². The van der Waals surface area contributed by atoms with Gasteiger partial charge in [0.2, 0.25) is 0 Å². The molecule has 0 saturated heterocycles. The van der Waals surface area contributed by atoms with Crippen LogP contribution in [0.3, 0.4) is 0 Å². The van der Waals surface area contributed by atoms with E-state index in [1.54, 1.807) is 11.6 Å². The predicted molar refractivity (Wildman–Crippen MR) is 80.3 cm³/mol. The Kier molecular flexibility index (Phi) is 5.09. The summed E-state index contributed by atoms with van der Waals surface area (Å²) >= 11 is 0. The van der Waals surface area contributed by atoms with Gasteiger partial charge in [-0.2, -0.15) is 0 Å². The van der Waals surface area contributed by atoms with Gasteiger partial charge in [-0.15, -0.1) is 5.10 Å². The van der Waals surface area contributed by atoms with Crippen molar-refractivity contribution in [3.05, 3.63) is 46.8 Å². The SMILES string of the molecule is CCCc1c(C(=O)OCC)nnn1Cc1ccccc1C. The van der Waals surface area contributed by atoms with Crippen molar-refractivity contribution in [3.8, 4) is 0 Å². The van der Waals surface area contributed by atoms with Crippen molar-refractivity contribution in [2.75, 3.05) is 6.61 Å². The first-order chi connectivity index (χ1) is 10.2. The van der Waals surface area contributed by atoms with Crippen molar-refractivity contribution in [1.82, 2.24) is 15.0 Å². The number of hydrogen-bond donors (Lipinski definition) is 0. The van der Waals surface area contributed by atoms with Crippen molar-refractivity contribution >= 4 is 5.97 Å². The van der Waals surface area contributed by atoms with Gasteiger partial charge in [0.1, 0.15) is 0 Å². The molecule has 0 spiro atoms. The molecule has 1 aromatic heterocycles. The molecule has 1 aromatic carbocycles. The van der Waals surface area contributed by atoms with Crippen molar-refractivity contribution in [2.45, 2.75) is 40.2 Å². The Labute approximate surface area is 124 Å². The Morgan fingerprint density at radius 1 is 1.29 bits per heavy atom. The summed E-state index contributed by atoms with van der Waals surface area (Å²) in [6.45, 7) is 6.89. The summed E-state index contributed by atoms with van der Waals surface area (Å²) in [6.07, 6.45) is 1.68. The molecular weight excluding hydrogens is 266 g/mol. The van der Waals surface area contributed by atoms with Crippen molar-refractivity contribution in [2.24, 2.45) is 0 Å². The number of aryl methyl sites for hydroxylation is 1. The van der Waals surface area contributed by atoms with Gasteiger partial charge in [-0.25, -0.2) is 9.48 Å². The minimum atomic E-state index is -0.392. The molecule has 112 valence electrons. The van der Waals surface area contributed by atoms with E-state index in [-0.39, 0.29) is 0 Å². The summed E-state index contributed by atoms with van der Waals surface area (Å²) < 4.78 is 6.85. The molecule has 5 heteroatoms. The van der Waals surface area contributed by atoms with Crippen LogP contribution in [-0.4, -0.2) is 27.6 Å². The van der Waals surface area contributed by atoms with E-state index < -0.39 is 5.97 Å². The number of benzene rings is 1. The fourth-order valence-electron chi connectivity index (χ4n) is 2.25. The van der Waals surface area contributed by atoms with Crippen LogP contribution in [0.2, 0.25) is 0 Å². The Bertz CT molecular complexity index is 620. The van der Waals surface area contributed by atoms with Gasteiger partial charge in [0.15, 0.2) is 5.69 Å². The topological polar surface area (TPSA) is 57.0 Å². The number of nitrogens with zero attached hydrogens (tertiary/aromatic N) is 3. The van der Waals surface area contributed by atoms with Crippen molar-refractivity contribution in [3.63, 3.8) is 0 Å². The lowest BCUT2D eigenvalue weighted by molar-refractivity contribution is 0.0518. The maximum Gasteiger partial charge on any atom is 0.360 e. The van der Waals surface area contributed by atoms with Crippen LogP contribution in [0.4, 0.5) is 0 Å². The Hall–Kier alpha value is -2.17. The minimum Gasteiger partial charge on any atom is -0.461 e. The van der Waals surface area contributed by atoms with Crippen LogP contribution in [0.1, 0.15) is 47.6 Å². The zero-order valence-electron chi connectivity index (χ0n) is 12.8. The summed E-state index contributed by atoms with van der Waals surface area (Å²) in [5.41, 5.74) is 3.56. The molecule has 5 nitrogen and oxygen atoms in total. The van der Waals surface area contributed by atoms with E-state index in [0.29, 0.717) is 18.8 Å². The van der Waals surface area contributed by atoms with Crippen LogP contribution < -0.4 is 0 Å². The fraction of sp³-hybridized carbons (Fsp3) is 0.438. The number of rotatable bonds is 6. The molecule has 0 bridgehead atoms. The third kappa shape index (κ3) is 3.48. The van der Waals surface area contributed by atoms with Gasteiger partial charge < -0.3 is 4.74 Å². The predicted octanol–water partition coefficient (Wildman–Crippen LogP) is 2.76. The standard InChI is InChI=1S/C16H21N3O2/c1-4-8-14-15(16(20)21-5-2)17-18-19(14)11-13-10-7-6-9-12(13)3/h6-7,9-10H,4-5,8,11H2,1-3H3. The molecule has 0 aliphatic carbocycles. The van der Waals surface area contributed by atoms with Gasteiger partial charge >= 0.3 is 5.97 Å². The van der Waals surface area contributed by atoms with E-state index in [1.165, 1.54) is 11.1 Å². The second-order valence-corrected chi connectivity index (χ2v) is 4.94. The smallest absolute Gasteiger partial charge is 0.360 e. The second-order valence-electron chi connectivity index (χ2n) is 4.94. The molecule has 0 N–H and O–H groups in total. The van der Waals surface area contributed by atoms with Crippen LogP contribution in [0, 0.1) is 6.92 Å². The molecule has 0 unspecified atom stereocenters. The monoisotopic (exact) mass is 287 g/mol. The highest BCUT2D eigenvalue weighted by atomic mass is 16.5. The zero-order chi connectivity index (χ0) is 15.2. The average molecular weight is 287 g/mol. The van der Waals surface area contributed by atoms with Gasteiger partial charge in [0.05, 0.1) is 18.8 Å². The molecule has 0 saturated carbocycles. The number of ether oxygens (including phenoxy) is 1. The van der Waals surface area contributed by atoms with E-state index in [2.05, 4.69) is 36.3 Å². The lowest BCUT2D eigenvalue weighted by Crippen LogP contribution is -2.12. The Balaban J connectivity index is 2.31. The van der Waals surface area contributed by atoms with Gasteiger partial charge in [-0.05, 0) is 31.4 Å². The normalized spacial score (nSPS) is 10.6. The number of esters is 1. The largest absolute Gasteiger partial charge is 0.461 e. The summed E-state index contributed by atoms with van der Waals surface area (Å²) in [5, 5.41) is 8.16. The molecule has 2 aromatic rings. The highest BCUT2D eigenvalue weighted by Crippen LogP contribution is 2.14. The summed E-state index contributed by atoms with van der Waals surface area (Å²) in [7, 11) is 0. The lowest BCUT2D eigenvalue weighted by Gasteiger charge is -2.09. The maximum absolute atomic E-state index is 11.9. The first-order valence-electron chi connectivity index (χ1n) is 7.31. The second kappa shape index (κ2) is 7.02. The molecule has 0 atom stereocenters. The molecule has 21 heavy (non-hydrogen) atoms. The highest BCUT2D eigenvalue weighted by molar-refractivity contribution is 5.88. The molecule has 0 radical (unpaired) electrons. The zero-order valence-corrected chi connectivity index (χ0v) is 12.8. The fourth-order valence-corrected chi connectivity index (χ4v) is 2.25. The van der Waals surface area contributed by atoms with Crippen LogP contribution in [0.15, 0.2) is 24.3 Å². The van der Waals surface area contributed by atoms with Crippen molar-refractivity contribution in [1.29, 1.82) is 0 Å². The summed E-state index contributed by atoms with van der Waals surface area (Å²) in [5.74, 6) is -0.392. The van der Waals surface area contributed by atoms with Gasteiger partial charge in [0.25, 0.3) is 0 Å². The van der Waals surface area contributed by atoms with E-state index >= 15 is 0 Å². The summed E-state index contributed by atoms with van der Waals surface area (Å²) in [6, 6.07) is 8.15. The molecule has 0 amide bonds. The first kappa shape index (κ1) is 15.2. The number of aromatic nitrogens is 3. The Morgan fingerprint density at radius 2 is 2.05 bits per heavy atom. The average Bonchev–Trinajstić information content (AvgIpc) is 2.85. The highest BCUT2D eigenvalue weighted by Gasteiger charge is 2.20. The van der Waals surface area contributed by atoms with Gasteiger partial charge in [-0.1, -0.05) is 42.8 Å². The van der Waals surface area contributed by atoms with Crippen LogP contribution in [-0.2, 0) is 17.7 Å². The molecule has 0 fully saturated rings. The first-order valence-corrected chi connectivity index (χ1v) is 7.31. The lowest BCUT2D eigenvalue weighted by atomic mass is 10.1. The molecule has 1 heterocycles. The number of hydrogen-bond acceptors (Lipinski definition) is 4. The Morgan fingerprint density at radius 3 is 2.71 bits per heavy atom. The van der Waals surface area contributed by atoms with E-state index in [9.17, 15) is 4.79 Å².